The SMILES string of the molecule is Cc1ccc(N(c2ccc(C)cc2)c2cc3c4c(c2)N2c5ccc(C)cc5Oc5c(N(c6ccc(C)cc6)c6ccc(C)cc6)cc6c(c52)P4(=S)c2c(cc(N(c4ccc(C)cc4)c4ccc(C)cc4)c4c2N3c2ccc(C)cc2O4)O6)cc1. The molecule has 0 bridgehead atoms. The lowest BCUT2D eigenvalue weighted by Gasteiger charge is -2.52. The molecule has 0 unspecified atom stereocenters. The molecule has 0 saturated heterocycles. The number of aryl methyl sites for hydroxylation is 8. The normalized spacial score (nSPS) is 13.6. The van der Waals surface area contributed by atoms with Gasteiger partial charge in [-0.15, -0.1) is 0 Å². The first-order valence-corrected chi connectivity index (χ1v) is 31.4. The summed E-state index contributed by atoms with van der Waals surface area (Å²) in [6.07, 6.45) is 0. The molecule has 0 amide bonds. The Kier molecular flexibility index (Phi) is 11.1. The van der Waals surface area contributed by atoms with E-state index in [1.807, 2.05) is 0 Å². The van der Waals surface area contributed by atoms with Crippen LogP contribution in [0.3, 0.4) is 0 Å². The number of rotatable bonds is 9. The quantitative estimate of drug-likeness (QED) is 0.132. The molecule has 0 aromatic heterocycles. The first-order chi connectivity index (χ1) is 40.8. The van der Waals surface area contributed by atoms with Gasteiger partial charge in [-0.25, -0.2) is 0 Å². The third-order valence-electron chi connectivity index (χ3n) is 17.1. The highest BCUT2D eigenvalue weighted by atomic mass is 32.4. The number of hydrogen-bond acceptors (Lipinski definition) is 9. The molecule has 5 aliphatic rings. The summed E-state index contributed by atoms with van der Waals surface area (Å²) >= 11 is 7.89. The molecule has 84 heavy (non-hydrogen) atoms. The zero-order valence-electron chi connectivity index (χ0n) is 47.9. The van der Waals surface area contributed by atoms with Gasteiger partial charge in [0.2, 0.25) is 0 Å². The first-order valence-electron chi connectivity index (χ1n) is 28.6. The second-order valence-electron chi connectivity index (χ2n) is 23.2. The van der Waals surface area contributed by atoms with Gasteiger partial charge in [-0.2, -0.15) is 0 Å². The molecule has 8 nitrogen and oxygen atoms in total. The van der Waals surface area contributed by atoms with Crippen LogP contribution in [0.1, 0.15) is 44.5 Å². The van der Waals surface area contributed by atoms with E-state index >= 15 is 0 Å². The van der Waals surface area contributed by atoms with Gasteiger partial charge in [0.25, 0.3) is 0 Å². The van der Waals surface area contributed by atoms with Crippen LogP contribution in [0, 0.1) is 55.4 Å². The van der Waals surface area contributed by atoms with Gasteiger partial charge < -0.3 is 38.7 Å². The van der Waals surface area contributed by atoms with E-state index in [2.05, 4.69) is 286 Å². The molecule has 0 spiro atoms. The van der Waals surface area contributed by atoms with Crippen molar-refractivity contribution in [3.05, 3.63) is 251 Å². The van der Waals surface area contributed by atoms with Crippen molar-refractivity contribution in [1.82, 2.24) is 0 Å². The topological polar surface area (TPSA) is 43.9 Å². The van der Waals surface area contributed by atoms with Crippen molar-refractivity contribution < 1.29 is 14.2 Å². The zero-order chi connectivity index (χ0) is 57.0. The van der Waals surface area contributed by atoms with E-state index < -0.39 is 6.04 Å². The van der Waals surface area contributed by atoms with E-state index in [0.717, 1.165) is 124 Å². The largest absolute Gasteiger partial charge is 0.456 e. The minimum absolute atomic E-state index is 0.693. The van der Waals surface area contributed by atoms with Crippen LogP contribution in [-0.4, -0.2) is 0 Å². The van der Waals surface area contributed by atoms with E-state index in [9.17, 15) is 0 Å². The van der Waals surface area contributed by atoms with Gasteiger partial charge in [0.05, 0.1) is 56.5 Å². The van der Waals surface area contributed by atoms with Gasteiger partial charge in [0, 0.05) is 51.6 Å². The maximum Gasteiger partial charge on any atom is 0.176 e. The van der Waals surface area contributed by atoms with E-state index in [-0.39, 0.29) is 0 Å². The highest BCUT2D eigenvalue weighted by molar-refractivity contribution is 8.26. The molecule has 0 N–H and O–H groups in total. The molecule has 10 heteroatoms. The smallest absolute Gasteiger partial charge is 0.176 e. The van der Waals surface area contributed by atoms with Crippen LogP contribution in [0.25, 0.3) is 0 Å². The maximum absolute atomic E-state index is 7.89. The molecule has 0 aliphatic carbocycles. The Labute approximate surface area is 495 Å². The van der Waals surface area contributed by atoms with Crippen molar-refractivity contribution in [2.75, 3.05) is 24.5 Å². The average Bonchev–Trinajstić information content (AvgIpc) is 1.84. The van der Waals surface area contributed by atoms with Crippen LogP contribution in [0.2, 0.25) is 0 Å². The summed E-state index contributed by atoms with van der Waals surface area (Å²) in [7, 11) is 0. The minimum atomic E-state index is -3.23. The van der Waals surface area contributed by atoms with Gasteiger partial charge >= 0.3 is 0 Å². The van der Waals surface area contributed by atoms with E-state index in [4.69, 9.17) is 26.0 Å². The van der Waals surface area contributed by atoms with Gasteiger partial charge in [-0.3, -0.25) is 0 Å². The third-order valence-corrected chi connectivity index (χ3v) is 22.0. The number of benzene rings is 11. The van der Waals surface area contributed by atoms with Crippen molar-refractivity contribution in [3.8, 4) is 34.5 Å². The van der Waals surface area contributed by atoms with Crippen LogP contribution in [-0.2, 0) is 11.8 Å². The maximum atomic E-state index is 7.89. The number of ether oxygens (including phenoxy) is 3. The van der Waals surface area contributed by atoms with Crippen molar-refractivity contribution >= 4 is 119 Å². The second kappa shape index (κ2) is 18.5. The van der Waals surface area contributed by atoms with Crippen molar-refractivity contribution in [1.29, 1.82) is 0 Å². The molecule has 0 fully saturated rings. The Balaban J connectivity index is 1.08. The van der Waals surface area contributed by atoms with Crippen molar-refractivity contribution in [2.45, 2.75) is 55.4 Å². The summed E-state index contributed by atoms with van der Waals surface area (Å²) in [5.41, 5.74) is 23.4. The number of fused-ring (bicyclic) bond motifs is 6. The summed E-state index contributed by atoms with van der Waals surface area (Å²) in [6, 6.07) is 71.8. The number of hydrogen-bond donors (Lipinski definition) is 0. The van der Waals surface area contributed by atoms with Gasteiger partial charge in [-0.05, 0) is 176 Å². The monoisotopic (exact) mass is 1130 g/mol. The lowest BCUT2D eigenvalue weighted by Crippen LogP contribution is -2.47. The molecule has 5 heterocycles. The van der Waals surface area contributed by atoms with Crippen LogP contribution in [0.5, 0.6) is 34.5 Å². The Morgan fingerprint density at radius 3 is 0.905 bits per heavy atom. The van der Waals surface area contributed by atoms with Crippen molar-refractivity contribution in [2.24, 2.45) is 0 Å². The molecular weight excluding hydrogens is 1070 g/mol. The zero-order valence-corrected chi connectivity index (χ0v) is 49.7. The molecule has 0 atom stereocenters. The predicted octanol–water partition coefficient (Wildman–Crippen LogP) is 20.2. The molecule has 11 aromatic rings. The Hall–Kier alpha value is -9.53. The van der Waals surface area contributed by atoms with Gasteiger partial charge in [-0.1, -0.05) is 130 Å². The fourth-order valence-corrected chi connectivity index (χ4v) is 18.1. The van der Waals surface area contributed by atoms with E-state index in [1.54, 1.807) is 0 Å². The Bertz CT molecular complexity index is 4260. The second-order valence-corrected chi connectivity index (χ2v) is 27.4. The van der Waals surface area contributed by atoms with Crippen molar-refractivity contribution in [3.63, 3.8) is 0 Å². The predicted molar refractivity (Wildman–Crippen MR) is 351 cm³/mol. The molecule has 16 rings (SSSR count). The summed E-state index contributed by atoms with van der Waals surface area (Å²) in [5, 5.41) is 3.00. The van der Waals surface area contributed by atoms with Gasteiger partial charge in [0.1, 0.15) is 22.9 Å². The first kappa shape index (κ1) is 50.2. The van der Waals surface area contributed by atoms with Crippen LogP contribution < -0.4 is 54.6 Å². The molecule has 5 aliphatic heterocycles. The minimum Gasteiger partial charge on any atom is -0.456 e. The third kappa shape index (κ3) is 7.48. The van der Waals surface area contributed by atoms with Crippen LogP contribution >= 0.6 is 6.04 Å². The van der Waals surface area contributed by atoms with E-state index in [0.29, 0.717) is 23.0 Å². The standard InChI is InChI=1S/C74H58N5O3PS/c1-43-9-23-51(24-10-43)75(52-25-11-44(2)12-26-52)57-39-62-72-63(40-57)79-59-36-22-50(8)38-65(59)82-71-61(77(55-31-17-47(5)18-32-55)56-33-19-48(6)20-34-56)42-67-74(69(71)79)83(72,84)73-66(80-67)41-60(70-68(73)78(62)58-35-21-49(7)37-64(58)81-70)76(53-27-13-45(3)14-28-53)54-29-15-46(4)16-30-54/h9-42H,1-8H3. The van der Waals surface area contributed by atoms with E-state index in [1.165, 1.54) is 33.4 Å². The average molecular weight is 1130 g/mol. The fraction of sp³-hybridized carbons (Fsp3) is 0.108. The van der Waals surface area contributed by atoms with Gasteiger partial charge in [0.15, 0.2) is 23.0 Å². The molecule has 11 aromatic carbocycles. The van der Waals surface area contributed by atoms with Crippen LogP contribution in [0.4, 0.5) is 85.3 Å². The Morgan fingerprint density at radius 1 is 0.286 bits per heavy atom. The lowest BCUT2D eigenvalue weighted by molar-refractivity contribution is 0.464. The fourth-order valence-electron chi connectivity index (χ4n) is 13.0. The summed E-state index contributed by atoms with van der Waals surface area (Å²) in [6.45, 7) is 17.1. The highest BCUT2D eigenvalue weighted by Gasteiger charge is 2.56. The highest BCUT2D eigenvalue weighted by Crippen LogP contribution is 2.74. The Morgan fingerprint density at radius 2 is 0.583 bits per heavy atom. The summed E-state index contributed by atoms with van der Waals surface area (Å²) < 4.78 is 23.0. The summed E-state index contributed by atoms with van der Waals surface area (Å²) in [4.78, 5) is 11.9. The molecule has 0 radical (unpaired) electrons. The lowest BCUT2D eigenvalue weighted by atomic mass is 10.0. The number of nitrogens with zero attached hydrogens (tertiary/aromatic N) is 5. The van der Waals surface area contributed by atoms with Crippen LogP contribution in [0.15, 0.2) is 206 Å². The molecular formula is C74H58N5O3PS. The summed E-state index contributed by atoms with van der Waals surface area (Å²) in [5.74, 6) is 4.29. The number of anilines is 15. The molecule has 408 valence electrons. The molecule has 0 saturated carbocycles.